The van der Waals surface area contributed by atoms with Crippen LogP contribution in [0.5, 0.6) is 0 Å². The van der Waals surface area contributed by atoms with Crippen LogP contribution in [0.25, 0.3) is 0 Å². The standard InChI is InChI=1S/C15H15FN2O2/c1-11-6-3-4-8-13(11)17(2)10-12-7-5-9-14(15(12)16)18(19)20/h3-9H,10H2,1-2H3. The molecule has 0 amide bonds. The Morgan fingerprint density at radius 1 is 1.20 bits per heavy atom. The van der Waals surface area contributed by atoms with Crippen LogP contribution in [0.15, 0.2) is 42.5 Å². The van der Waals surface area contributed by atoms with Crippen molar-refractivity contribution >= 4 is 11.4 Å². The zero-order valence-electron chi connectivity index (χ0n) is 11.3. The average molecular weight is 274 g/mol. The monoisotopic (exact) mass is 274 g/mol. The fraction of sp³-hybridized carbons (Fsp3) is 0.200. The smallest absolute Gasteiger partial charge is 0.305 e. The summed E-state index contributed by atoms with van der Waals surface area (Å²) >= 11 is 0. The van der Waals surface area contributed by atoms with E-state index in [0.717, 1.165) is 11.3 Å². The molecule has 2 aromatic carbocycles. The van der Waals surface area contributed by atoms with Gasteiger partial charge < -0.3 is 4.90 Å². The highest BCUT2D eigenvalue weighted by molar-refractivity contribution is 5.53. The summed E-state index contributed by atoms with van der Waals surface area (Å²) in [6.45, 7) is 2.24. The first-order valence-electron chi connectivity index (χ1n) is 6.19. The van der Waals surface area contributed by atoms with Crippen LogP contribution in [-0.4, -0.2) is 12.0 Å². The molecule has 4 nitrogen and oxygen atoms in total. The van der Waals surface area contributed by atoms with E-state index in [1.54, 1.807) is 6.07 Å². The maximum absolute atomic E-state index is 14.0. The minimum atomic E-state index is -0.766. The highest BCUT2D eigenvalue weighted by Gasteiger charge is 2.18. The maximum Gasteiger partial charge on any atom is 0.305 e. The molecule has 0 aliphatic carbocycles. The van der Waals surface area contributed by atoms with E-state index >= 15 is 0 Å². The number of nitro groups is 1. The van der Waals surface area contributed by atoms with Gasteiger partial charge in [-0.05, 0) is 18.6 Å². The van der Waals surface area contributed by atoms with Gasteiger partial charge in [0.2, 0.25) is 5.82 Å². The number of anilines is 1. The molecule has 0 heterocycles. The molecule has 104 valence electrons. The van der Waals surface area contributed by atoms with Crippen LogP contribution < -0.4 is 4.90 Å². The van der Waals surface area contributed by atoms with Gasteiger partial charge in [-0.1, -0.05) is 30.3 Å². The second kappa shape index (κ2) is 5.69. The molecule has 0 bridgehead atoms. The van der Waals surface area contributed by atoms with Gasteiger partial charge in [-0.2, -0.15) is 4.39 Å². The molecule has 0 aliphatic heterocycles. The minimum absolute atomic E-state index is 0.276. The van der Waals surface area contributed by atoms with Crippen LogP contribution >= 0.6 is 0 Å². The number of benzene rings is 2. The Kier molecular flexibility index (Phi) is 3.98. The Balaban J connectivity index is 2.29. The van der Waals surface area contributed by atoms with Crippen LogP contribution in [0.4, 0.5) is 15.8 Å². The number of rotatable bonds is 4. The molecule has 20 heavy (non-hydrogen) atoms. The van der Waals surface area contributed by atoms with Gasteiger partial charge in [0.25, 0.3) is 0 Å². The predicted molar refractivity (Wildman–Crippen MR) is 76.3 cm³/mol. The van der Waals surface area contributed by atoms with E-state index in [2.05, 4.69) is 0 Å². The van der Waals surface area contributed by atoms with Crippen LogP contribution in [0.1, 0.15) is 11.1 Å². The van der Waals surface area contributed by atoms with E-state index in [1.165, 1.54) is 12.1 Å². The minimum Gasteiger partial charge on any atom is -0.370 e. The molecule has 0 unspecified atom stereocenters. The molecular formula is C15H15FN2O2. The predicted octanol–water partition coefficient (Wildman–Crippen LogP) is 3.68. The van der Waals surface area contributed by atoms with Gasteiger partial charge in [0.15, 0.2) is 0 Å². The van der Waals surface area contributed by atoms with Crippen molar-refractivity contribution in [2.45, 2.75) is 13.5 Å². The second-order valence-electron chi connectivity index (χ2n) is 4.65. The van der Waals surface area contributed by atoms with Crippen molar-refractivity contribution in [1.82, 2.24) is 0 Å². The van der Waals surface area contributed by atoms with Gasteiger partial charge in [0, 0.05) is 30.9 Å². The number of para-hydroxylation sites is 1. The molecule has 0 spiro atoms. The van der Waals surface area contributed by atoms with Crippen molar-refractivity contribution in [2.24, 2.45) is 0 Å². The lowest BCUT2D eigenvalue weighted by Gasteiger charge is -2.21. The molecule has 2 rings (SSSR count). The number of nitrogens with zero attached hydrogens (tertiary/aromatic N) is 2. The Hall–Kier alpha value is -2.43. The largest absolute Gasteiger partial charge is 0.370 e. The first-order chi connectivity index (χ1) is 9.50. The van der Waals surface area contributed by atoms with Crippen molar-refractivity contribution in [3.63, 3.8) is 0 Å². The van der Waals surface area contributed by atoms with Crippen molar-refractivity contribution in [3.05, 3.63) is 69.5 Å². The molecule has 5 heteroatoms. The van der Waals surface area contributed by atoms with E-state index < -0.39 is 16.4 Å². The summed E-state index contributed by atoms with van der Waals surface area (Å²) in [6, 6.07) is 12.0. The molecule has 0 aromatic heterocycles. The normalized spacial score (nSPS) is 10.3. The third-order valence-electron chi connectivity index (χ3n) is 3.19. The molecule has 0 radical (unpaired) electrons. The van der Waals surface area contributed by atoms with E-state index in [-0.39, 0.29) is 6.54 Å². The van der Waals surface area contributed by atoms with Gasteiger partial charge in [-0.3, -0.25) is 10.1 Å². The lowest BCUT2D eigenvalue weighted by Crippen LogP contribution is -2.18. The Morgan fingerprint density at radius 3 is 2.55 bits per heavy atom. The summed E-state index contributed by atoms with van der Waals surface area (Å²) < 4.78 is 14.0. The maximum atomic E-state index is 14.0. The van der Waals surface area contributed by atoms with E-state index in [4.69, 9.17) is 0 Å². The first kappa shape index (κ1) is 14.0. The summed E-state index contributed by atoms with van der Waals surface area (Å²) in [5.74, 6) is -0.766. The molecule has 0 saturated heterocycles. The number of aryl methyl sites for hydroxylation is 1. The summed E-state index contributed by atoms with van der Waals surface area (Å²) in [7, 11) is 1.83. The number of nitro benzene ring substituents is 1. The molecule has 0 atom stereocenters. The lowest BCUT2D eigenvalue weighted by atomic mass is 10.1. The quantitative estimate of drug-likeness (QED) is 0.631. The Bertz CT molecular complexity index is 644. The topological polar surface area (TPSA) is 46.4 Å². The molecule has 0 saturated carbocycles. The highest BCUT2D eigenvalue weighted by atomic mass is 19.1. The van der Waals surface area contributed by atoms with E-state index in [0.29, 0.717) is 5.56 Å². The summed E-state index contributed by atoms with van der Waals surface area (Å²) in [5.41, 5.74) is 1.87. The van der Waals surface area contributed by atoms with E-state index in [9.17, 15) is 14.5 Å². The number of hydrogen-bond donors (Lipinski definition) is 0. The summed E-state index contributed by atoms with van der Waals surface area (Å²) in [5, 5.41) is 10.7. The fourth-order valence-electron chi connectivity index (χ4n) is 2.16. The van der Waals surface area contributed by atoms with Gasteiger partial charge >= 0.3 is 5.69 Å². The van der Waals surface area contributed by atoms with Gasteiger partial charge in [-0.15, -0.1) is 0 Å². The van der Waals surface area contributed by atoms with Crippen LogP contribution in [0.3, 0.4) is 0 Å². The second-order valence-corrected chi connectivity index (χ2v) is 4.65. The zero-order chi connectivity index (χ0) is 14.7. The summed E-state index contributed by atoms with van der Waals surface area (Å²) in [6.07, 6.45) is 0. The van der Waals surface area contributed by atoms with Crippen LogP contribution in [0.2, 0.25) is 0 Å². The van der Waals surface area contributed by atoms with Crippen molar-refractivity contribution in [3.8, 4) is 0 Å². The Morgan fingerprint density at radius 2 is 1.90 bits per heavy atom. The molecule has 0 fully saturated rings. The first-order valence-corrected chi connectivity index (χ1v) is 6.19. The van der Waals surface area contributed by atoms with Gasteiger partial charge in [0.1, 0.15) is 0 Å². The van der Waals surface area contributed by atoms with Crippen LogP contribution in [-0.2, 0) is 6.54 Å². The average Bonchev–Trinajstić information content (AvgIpc) is 2.41. The number of halogens is 1. The number of hydrogen-bond acceptors (Lipinski definition) is 3. The molecule has 0 N–H and O–H groups in total. The van der Waals surface area contributed by atoms with Crippen molar-refractivity contribution in [1.29, 1.82) is 0 Å². The van der Waals surface area contributed by atoms with Crippen molar-refractivity contribution < 1.29 is 9.31 Å². The highest BCUT2D eigenvalue weighted by Crippen LogP contribution is 2.24. The van der Waals surface area contributed by atoms with E-state index in [1.807, 2.05) is 43.1 Å². The van der Waals surface area contributed by atoms with Gasteiger partial charge in [0.05, 0.1) is 4.92 Å². The SMILES string of the molecule is Cc1ccccc1N(C)Cc1cccc([N+](=O)[O-])c1F. The third kappa shape index (κ3) is 2.77. The van der Waals surface area contributed by atoms with Gasteiger partial charge in [-0.25, -0.2) is 0 Å². The molecular weight excluding hydrogens is 259 g/mol. The molecule has 0 aliphatic rings. The summed E-state index contributed by atoms with van der Waals surface area (Å²) in [4.78, 5) is 11.9. The van der Waals surface area contributed by atoms with Crippen LogP contribution in [0, 0.1) is 22.9 Å². The zero-order valence-corrected chi connectivity index (χ0v) is 11.3. The third-order valence-corrected chi connectivity index (χ3v) is 3.19. The lowest BCUT2D eigenvalue weighted by molar-refractivity contribution is -0.387. The van der Waals surface area contributed by atoms with Crippen molar-refractivity contribution in [2.75, 3.05) is 11.9 Å². The molecule has 2 aromatic rings. The Labute approximate surface area is 116 Å². The fourth-order valence-corrected chi connectivity index (χ4v) is 2.16.